The van der Waals surface area contributed by atoms with Crippen molar-refractivity contribution >= 4 is 17.4 Å². The average molecular weight is 261 g/mol. The van der Waals surface area contributed by atoms with Crippen molar-refractivity contribution < 1.29 is 4.74 Å². The number of halogens is 1. The van der Waals surface area contributed by atoms with Gasteiger partial charge in [0.05, 0.1) is 6.54 Å². The molecule has 1 aromatic carbocycles. The molecule has 3 nitrogen and oxygen atoms in total. The van der Waals surface area contributed by atoms with Gasteiger partial charge in [-0.25, -0.2) is 4.98 Å². The van der Waals surface area contributed by atoms with Gasteiger partial charge < -0.3 is 10.1 Å². The first-order valence-corrected chi connectivity index (χ1v) is 6.30. The molecule has 1 aliphatic heterocycles. The van der Waals surface area contributed by atoms with Crippen LogP contribution in [0.25, 0.3) is 0 Å². The summed E-state index contributed by atoms with van der Waals surface area (Å²) in [5.74, 6) is 1.77. The minimum atomic E-state index is 0.156. The Morgan fingerprint density at radius 2 is 2.11 bits per heavy atom. The summed E-state index contributed by atoms with van der Waals surface area (Å²) in [6.07, 6.45) is 1.09. The van der Waals surface area contributed by atoms with Gasteiger partial charge in [0.2, 0.25) is 0 Å². The molecule has 1 aromatic heterocycles. The molecule has 3 rings (SSSR count). The molecule has 0 saturated carbocycles. The third-order valence-corrected chi connectivity index (χ3v) is 3.15. The van der Waals surface area contributed by atoms with Crippen molar-refractivity contribution in [1.29, 1.82) is 0 Å². The number of aromatic nitrogens is 1. The lowest BCUT2D eigenvalue weighted by Gasteiger charge is -2.12. The zero-order valence-electron chi connectivity index (χ0n) is 9.77. The monoisotopic (exact) mass is 260 g/mol. The van der Waals surface area contributed by atoms with Gasteiger partial charge in [-0.1, -0.05) is 35.9 Å². The van der Waals surface area contributed by atoms with E-state index in [1.165, 1.54) is 5.56 Å². The zero-order chi connectivity index (χ0) is 12.4. The van der Waals surface area contributed by atoms with Crippen LogP contribution in [0.4, 0.5) is 5.82 Å². The van der Waals surface area contributed by atoms with Crippen molar-refractivity contribution in [3.05, 3.63) is 53.2 Å². The summed E-state index contributed by atoms with van der Waals surface area (Å²) in [5, 5.41) is 3.74. The van der Waals surface area contributed by atoms with Crippen LogP contribution >= 0.6 is 11.6 Å². The van der Waals surface area contributed by atoms with E-state index in [2.05, 4.69) is 16.4 Å². The van der Waals surface area contributed by atoms with Crippen LogP contribution < -0.4 is 10.1 Å². The van der Waals surface area contributed by atoms with E-state index in [0.29, 0.717) is 5.15 Å². The molecule has 0 saturated heterocycles. The molecule has 0 spiro atoms. The highest BCUT2D eigenvalue weighted by Crippen LogP contribution is 2.28. The molecule has 1 aliphatic rings. The number of hydrogen-bond donors (Lipinski definition) is 1. The number of nitrogens with one attached hydrogen (secondary N) is 1. The Bertz CT molecular complexity index is 534. The zero-order valence-corrected chi connectivity index (χ0v) is 10.5. The molecule has 92 valence electrons. The molecule has 2 heterocycles. The summed E-state index contributed by atoms with van der Waals surface area (Å²) in [6.45, 7) is 0.724. The van der Waals surface area contributed by atoms with E-state index in [9.17, 15) is 0 Å². The minimum Gasteiger partial charge on any atom is -0.488 e. The van der Waals surface area contributed by atoms with E-state index < -0.39 is 0 Å². The smallest absolute Gasteiger partial charge is 0.131 e. The average Bonchev–Trinajstić information content (AvgIpc) is 2.79. The minimum absolute atomic E-state index is 0.156. The molecule has 0 fully saturated rings. The lowest BCUT2D eigenvalue weighted by molar-refractivity contribution is 0.246. The number of rotatable bonds is 3. The summed E-state index contributed by atoms with van der Waals surface area (Å²) < 4.78 is 5.84. The Balaban J connectivity index is 1.60. The highest BCUT2D eigenvalue weighted by molar-refractivity contribution is 6.29. The number of para-hydroxylation sites is 1. The molecule has 1 N–H and O–H groups in total. The van der Waals surface area contributed by atoms with Crippen molar-refractivity contribution in [1.82, 2.24) is 4.98 Å². The number of benzene rings is 1. The first-order valence-electron chi connectivity index (χ1n) is 5.92. The maximum absolute atomic E-state index is 5.84. The maximum Gasteiger partial charge on any atom is 0.131 e. The van der Waals surface area contributed by atoms with E-state index in [0.717, 1.165) is 24.5 Å². The van der Waals surface area contributed by atoms with E-state index in [4.69, 9.17) is 16.3 Å². The number of anilines is 1. The molecule has 2 aromatic rings. The van der Waals surface area contributed by atoms with Gasteiger partial charge in [0, 0.05) is 6.42 Å². The Morgan fingerprint density at radius 1 is 1.22 bits per heavy atom. The Kier molecular flexibility index (Phi) is 3.07. The van der Waals surface area contributed by atoms with Crippen molar-refractivity contribution in [3.63, 3.8) is 0 Å². The van der Waals surface area contributed by atoms with Gasteiger partial charge >= 0.3 is 0 Å². The van der Waals surface area contributed by atoms with Crippen LogP contribution in [0.1, 0.15) is 5.56 Å². The lowest BCUT2D eigenvalue weighted by Crippen LogP contribution is -2.24. The second-order valence-electron chi connectivity index (χ2n) is 4.28. The lowest BCUT2D eigenvalue weighted by atomic mass is 10.1. The van der Waals surface area contributed by atoms with Crippen molar-refractivity contribution in [3.8, 4) is 5.75 Å². The van der Waals surface area contributed by atoms with Crippen LogP contribution in [-0.2, 0) is 6.42 Å². The third kappa shape index (κ3) is 2.41. The third-order valence-electron chi connectivity index (χ3n) is 2.94. The number of ether oxygens (including phenoxy) is 1. The molecule has 0 aliphatic carbocycles. The summed E-state index contributed by atoms with van der Waals surface area (Å²) in [7, 11) is 0. The first-order chi connectivity index (χ1) is 8.81. The summed E-state index contributed by atoms with van der Waals surface area (Å²) in [5.41, 5.74) is 1.27. The van der Waals surface area contributed by atoms with Gasteiger partial charge in [0.15, 0.2) is 0 Å². The van der Waals surface area contributed by atoms with Gasteiger partial charge in [-0.3, -0.25) is 0 Å². The predicted molar refractivity (Wildman–Crippen MR) is 72.3 cm³/mol. The summed E-state index contributed by atoms with van der Waals surface area (Å²) >= 11 is 5.83. The van der Waals surface area contributed by atoms with Crippen molar-refractivity contribution in [2.24, 2.45) is 0 Å². The number of nitrogens with zero attached hydrogens (tertiary/aromatic N) is 1. The second kappa shape index (κ2) is 4.86. The molecule has 1 atom stereocenters. The maximum atomic E-state index is 5.84. The van der Waals surface area contributed by atoms with E-state index in [1.807, 2.05) is 30.3 Å². The number of pyridine rings is 1. The highest BCUT2D eigenvalue weighted by Gasteiger charge is 2.21. The summed E-state index contributed by atoms with van der Waals surface area (Å²) in [6, 6.07) is 13.7. The first kappa shape index (κ1) is 11.4. The Morgan fingerprint density at radius 3 is 2.94 bits per heavy atom. The Labute approximate surface area is 111 Å². The van der Waals surface area contributed by atoms with Crippen LogP contribution in [-0.4, -0.2) is 17.6 Å². The summed E-state index contributed by atoms with van der Waals surface area (Å²) in [4.78, 5) is 4.18. The van der Waals surface area contributed by atoms with Crippen LogP contribution in [0.3, 0.4) is 0 Å². The molecule has 18 heavy (non-hydrogen) atoms. The molecule has 0 amide bonds. The van der Waals surface area contributed by atoms with E-state index >= 15 is 0 Å². The van der Waals surface area contributed by atoms with Gasteiger partial charge in [0.1, 0.15) is 22.8 Å². The molecule has 4 heteroatoms. The topological polar surface area (TPSA) is 34.1 Å². The van der Waals surface area contributed by atoms with Gasteiger partial charge in [-0.15, -0.1) is 0 Å². The quantitative estimate of drug-likeness (QED) is 0.861. The fraction of sp³-hybridized carbons (Fsp3) is 0.214. The number of hydrogen-bond acceptors (Lipinski definition) is 3. The van der Waals surface area contributed by atoms with Gasteiger partial charge in [-0.05, 0) is 23.8 Å². The largest absolute Gasteiger partial charge is 0.488 e. The van der Waals surface area contributed by atoms with Crippen LogP contribution in [0.2, 0.25) is 5.15 Å². The molecule has 1 unspecified atom stereocenters. The Hall–Kier alpha value is -1.74. The van der Waals surface area contributed by atoms with Crippen LogP contribution in [0.5, 0.6) is 5.75 Å². The highest BCUT2D eigenvalue weighted by atomic mass is 35.5. The predicted octanol–water partition coefficient (Wildman–Crippen LogP) is 3.15. The fourth-order valence-electron chi connectivity index (χ4n) is 2.09. The molecular weight excluding hydrogens is 248 g/mol. The van der Waals surface area contributed by atoms with Gasteiger partial charge in [0.25, 0.3) is 0 Å². The van der Waals surface area contributed by atoms with E-state index in [1.54, 1.807) is 6.07 Å². The van der Waals surface area contributed by atoms with Gasteiger partial charge in [-0.2, -0.15) is 0 Å². The fourth-order valence-corrected chi connectivity index (χ4v) is 2.26. The molecule has 0 bridgehead atoms. The second-order valence-corrected chi connectivity index (χ2v) is 4.67. The van der Waals surface area contributed by atoms with Crippen molar-refractivity contribution in [2.75, 3.05) is 11.9 Å². The SMILES string of the molecule is Clc1cccc(NCC2Cc3ccccc3O2)n1. The van der Waals surface area contributed by atoms with Crippen molar-refractivity contribution in [2.45, 2.75) is 12.5 Å². The molecule has 0 radical (unpaired) electrons. The normalized spacial score (nSPS) is 17.1. The molecular formula is C14H13ClN2O. The standard InChI is InChI=1S/C14H13ClN2O/c15-13-6-3-7-14(17-13)16-9-11-8-10-4-1-2-5-12(10)18-11/h1-7,11H,8-9H2,(H,16,17). The number of fused-ring (bicyclic) bond motifs is 1. The van der Waals surface area contributed by atoms with Crippen LogP contribution in [0, 0.1) is 0 Å². The van der Waals surface area contributed by atoms with Crippen LogP contribution in [0.15, 0.2) is 42.5 Å². The van der Waals surface area contributed by atoms with E-state index in [-0.39, 0.29) is 6.10 Å².